The number of rotatable bonds is 8. The van der Waals surface area contributed by atoms with Crippen LogP contribution in [0.15, 0.2) is 400 Å². The third kappa shape index (κ3) is 8.82. The fraction of sp³-hybridized carbons (Fsp3) is 0.0769. The van der Waals surface area contributed by atoms with Crippen molar-refractivity contribution in [1.82, 2.24) is 0 Å². The molecule has 18 aromatic carbocycles. The Hall–Kier alpha value is -14.0. The van der Waals surface area contributed by atoms with Gasteiger partial charge in [0.1, 0.15) is 0 Å². The van der Waals surface area contributed by atoms with E-state index in [4.69, 9.17) is 0 Å². The maximum atomic E-state index is 2.56. The summed E-state index contributed by atoms with van der Waals surface area (Å²) in [6, 6.07) is 155. The lowest BCUT2D eigenvalue weighted by Gasteiger charge is -2.34. The molecule has 546 valence electrons. The molecule has 0 N–H and O–H groups in total. The number of hydrogen-bond acceptors (Lipinski definition) is 0. The Morgan fingerprint density at radius 2 is 0.308 bits per heavy atom. The van der Waals surface area contributed by atoms with Crippen LogP contribution in [0.3, 0.4) is 0 Å². The fourth-order valence-corrected chi connectivity index (χ4v) is 23.5. The molecule has 0 nitrogen and oxygen atoms in total. The van der Waals surface area contributed by atoms with Gasteiger partial charge in [0.15, 0.2) is 0 Å². The molecule has 0 saturated heterocycles. The Balaban J connectivity index is 0.685. The van der Waals surface area contributed by atoms with Gasteiger partial charge in [0.2, 0.25) is 0 Å². The first-order valence-corrected chi connectivity index (χ1v) is 41.6. The van der Waals surface area contributed by atoms with E-state index in [0.717, 1.165) is 22.3 Å². The van der Waals surface area contributed by atoms with Gasteiger partial charge < -0.3 is 0 Å². The van der Waals surface area contributed by atoms with Crippen molar-refractivity contribution < 1.29 is 0 Å². The molecule has 25 rings (SSSR count). The predicted molar refractivity (Wildman–Crippen MR) is 484 cm³/mol. The minimum absolute atomic E-state index is 0.179. The van der Waals surface area contributed by atoms with Crippen molar-refractivity contribution in [3.8, 4) is 145 Å². The molecule has 0 fully saturated rings. The van der Waals surface area contributed by atoms with Gasteiger partial charge in [-0.2, -0.15) is 0 Å². The summed E-state index contributed by atoms with van der Waals surface area (Å²) in [5, 5.41) is 0. The zero-order valence-corrected chi connectivity index (χ0v) is 65.6. The normalized spacial score (nSPS) is 15.2. The van der Waals surface area contributed by atoms with Crippen LogP contribution in [0.1, 0.15) is 117 Å². The second kappa shape index (κ2) is 24.0. The van der Waals surface area contributed by atoms with Gasteiger partial charge in [-0.3, -0.25) is 0 Å². The third-order valence-electron chi connectivity index (χ3n) is 28.6. The SMILES string of the molecule is CC1(C)c2ccccc2-c2ccc(-c3cc(-c4cccc(C5(c6cccc(-c7cc(-c8ccc9c(c8)C(C)(C)c8ccccc8-9)cc(-c8ccc9c(c8)C8(c%10ccccc%10-c%10ccccc%108)c8ccccc8-9)c7)c6)c6ccccc6-c6ccccc65)c4)cc(-c4ccc5c(c4)C4(c6ccccc6-c6ccccc64)c4ccccc4-5)c3)cc21. The summed E-state index contributed by atoms with van der Waals surface area (Å²) in [6.45, 7) is 9.60. The molecule has 7 aliphatic rings. The maximum Gasteiger partial charge on any atom is 0.0725 e. The van der Waals surface area contributed by atoms with Gasteiger partial charge in [0.25, 0.3) is 0 Å². The Labute approximate surface area is 684 Å². The first kappa shape index (κ1) is 66.4. The highest BCUT2D eigenvalue weighted by atomic mass is 14.6. The summed E-state index contributed by atoms with van der Waals surface area (Å²) in [6.07, 6.45) is 0. The minimum atomic E-state index is -0.740. The Bertz CT molecular complexity index is 6840. The molecule has 117 heavy (non-hydrogen) atoms. The van der Waals surface area contributed by atoms with Gasteiger partial charge in [0.05, 0.1) is 16.2 Å². The molecule has 2 spiro atoms. The average molecular weight is 1480 g/mol. The Morgan fingerprint density at radius 1 is 0.120 bits per heavy atom. The molecule has 18 aromatic rings. The van der Waals surface area contributed by atoms with E-state index in [9.17, 15) is 0 Å². The molecular weight excluding hydrogens is 1410 g/mol. The summed E-state index contributed by atoms with van der Waals surface area (Å²) in [4.78, 5) is 0. The second-order valence-corrected chi connectivity index (χ2v) is 34.8. The van der Waals surface area contributed by atoms with E-state index in [-0.39, 0.29) is 10.8 Å². The van der Waals surface area contributed by atoms with E-state index in [1.165, 1.54) is 211 Å². The van der Waals surface area contributed by atoms with Crippen LogP contribution in [0.25, 0.3) is 145 Å². The molecule has 0 unspecified atom stereocenters. The largest absolute Gasteiger partial charge is 0.0725 e. The van der Waals surface area contributed by atoms with Crippen LogP contribution in [0.4, 0.5) is 0 Å². The number of hydrogen-bond donors (Lipinski definition) is 0. The first-order chi connectivity index (χ1) is 57.5. The summed E-state index contributed by atoms with van der Waals surface area (Å²) in [5.41, 5.74) is 51.5. The van der Waals surface area contributed by atoms with Crippen molar-refractivity contribution in [3.63, 3.8) is 0 Å². The Kier molecular flexibility index (Phi) is 13.6. The second-order valence-electron chi connectivity index (χ2n) is 34.8. The maximum absolute atomic E-state index is 2.56. The van der Waals surface area contributed by atoms with E-state index in [1.54, 1.807) is 0 Å². The smallest absolute Gasteiger partial charge is 0.0619 e. The van der Waals surface area contributed by atoms with Crippen LogP contribution in [0.2, 0.25) is 0 Å². The van der Waals surface area contributed by atoms with E-state index in [1.807, 2.05) is 0 Å². The van der Waals surface area contributed by atoms with Crippen LogP contribution in [-0.4, -0.2) is 0 Å². The van der Waals surface area contributed by atoms with Crippen molar-refractivity contribution >= 4 is 0 Å². The van der Waals surface area contributed by atoms with Crippen molar-refractivity contribution in [3.05, 3.63) is 489 Å². The molecule has 0 radical (unpaired) electrons. The quantitative estimate of drug-likeness (QED) is 0.142. The topological polar surface area (TPSA) is 0 Å². The molecule has 0 bridgehead atoms. The van der Waals surface area contributed by atoms with Crippen LogP contribution in [-0.2, 0) is 27.1 Å². The molecule has 0 heteroatoms. The lowest BCUT2D eigenvalue weighted by atomic mass is 9.67. The van der Waals surface area contributed by atoms with Gasteiger partial charge in [-0.15, -0.1) is 0 Å². The van der Waals surface area contributed by atoms with Crippen molar-refractivity contribution in [1.29, 1.82) is 0 Å². The van der Waals surface area contributed by atoms with Crippen molar-refractivity contribution in [2.45, 2.75) is 54.8 Å². The summed E-state index contributed by atoms with van der Waals surface area (Å²) in [5.74, 6) is 0. The van der Waals surface area contributed by atoms with Crippen LogP contribution >= 0.6 is 0 Å². The van der Waals surface area contributed by atoms with Crippen LogP contribution in [0, 0.1) is 0 Å². The van der Waals surface area contributed by atoms with E-state index >= 15 is 0 Å². The van der Waals surface area contributed by atoms with Gasteiger partial charge in [0, 0.05) is 10.8 Å². The first-order valence-electron chi connectivity index (χ1n) is 41.6. The highest BCUT2D eigenvalue weighted by molar-refractivity contribution is 6.00. The highest BCUT2D eigenvalue weighted by Crippen LogP contribution is 2.66. The van der Waals surface area contributed by atoms with Crippen LogP contribution in [0.5, 0.6) is 0 Å². The van der Waals surface area contributed by atoms with Crippen molar-refractivity contribution in [2.75, 3.05) is 0 Å². The molecular formula is C117H78. The van der Waals surface area contributed by atoms with E-state index < -0.39 is 16.2 Å². The average Bonchev–Trinajstić information content (AvgIpc) is 1.52. The highest BCUT2D eigenvalue weighted by Gasteiger charge is 2.54. The monoisotopic (exact) mass is 1480 g/mol. The molecule has 0 saturated carbocycles. The van der Waals surface area contributed by atoms with Crippen LogP contribution < -0.4 is 0 Å². The van der Waals surface area contributed by atoms with Gasteiger partial charge >= 0.3 is 0 Å². The third-order valence-corrected chi connectivity index (χ3v) is 28.6. The summed E-state index contributed by atoms with van der Waals surface area (Å²) in [7, 11) is 0. The fourth-order valence-electron chi connectivity index (χ4n) is 23.5. The lowest BCUT2D eigenvalue weighted by Crippen LogP contribution is -2.28. The number of benzene rings is 18. The zero-order chi connectivity index (χ0) is 77.4. The lowest BCUT2D eigenvalue weighted by molar-refractivity contribution is 0.660. The predicted octanol–water partition coefficient (Wildman–Crippen LogP) is 29.4. The summed E-state index contributed by atoms with van der Waals surface area (Å²) < 4.78 is 0. The molecule has 0 atom stereocenters. The van der Waals surface area contributed by atoms with E-state index in [0.29, 0.717) is 0 Å². The van der Waals surface area contributed by atoms with E-state index in [2.05, 4.69) is 428 Å². The van der Waals surface area contributed by atoms with Gasteiger partial charge in [-0.05, 0) is 306 Å². The van der Waals surface area contributed by atoms with Crippen molar-refractivity contribution in [2.24, 2.45) is 0 Å². The molecule has 0 amide bonds. The molecule has 0 aromatic heterocycles. The Morgan fingerprint density at radius 3 is 0.564 bits per heavy atom. The molecule has 0 heterocycles. The summed E-state index contributed by atoms with van der Waals surface area (Å²) >= 11 is 0. The van der Waals surface area contributed by atoms with Gasteiger partial charge in [-0.25, -0.2) is 0 Å². The minimum Gasteiger partial charge on any atom is -0.0619 e. The standard InChI is InChI=1S/C117H78/c1-113(2)99-41-15-5-31-85(99)95-55-51-73(67-109(95)113)79-59-77(61-81(63-79)75-53-57-97-93-39-13-23-49-107(93)116(111(97)69-75)103-45-19-9-35-89(103)90-36-10-20-46-104(90)116)71-27-25-29-83(65-71)115(101-43-17-7-33-87(101)88-34-8-18-44-102(88)115)84-30-26-28-72(66-84)78-60-80(74-52-56-96-86-32-6-16-42-100(86)114(3,4)110(96)68-74)64-82(62-78)76-54-58-98-94-40-14-24-50-108(94)117(112(98)70-76)105-47-21-11-37-91(105)92-38-12-22-48-106(92)117/h5-70H,1-4H3. The van der Waals surface area contributed by atoms with Gasteiger partial charge in [-0.1, -0.05) is 355 Å². The molecule has 7 aliphatic carbocycles. The zero-order valence-electron chi connectivity index (χ0n) is 65.6. The molecule has 0 aliphatic heterocycles. The number of fused-ring (bicyclic) bond motifs is 29.